The van der Waals surface area contributed by atoms with E-state index in [1.165, 1.54) is 17.6 Å². The van der Waals surface area contributed by atoms with Gasteiger partial charge >= 0.3 is 5.82 Å². The van der Waals surface area contributed by atoms with Crippen molar-refractivity contribution in [2.45, 2.75) is 6.54 Å². The summed E-state index contributed by atoms with van der Waals surface area (Å²) in [5.74, 6) is 0.235. The molecule has 3 aromatic rings. The Balaban J connectivity index is 1.47. The fourth-order valence-electron chi connectivity index (χ4n) is 3.54. The molecule has 9 heteroatoms. The molecule has 2 aromatic heterocycles. The molecule has 0 bridgehead atoms. The first-order chi connectivity index (χ1) is 13.6. The van der Waals surface area contributed by atoms with Gasteiger partial charge in [-0.1, -0.05) is 12.1 Å². The lowest BCUT2D eigenvalue weighted by Gasteiger charge is -2.34. The standard InChI is InChI=1S/C19H20FN5O3/c1-28-16-6-5-14(12-15(16)20)13-22-8-10-23(11-9-22)18-19(25(26)27)24-7-3-2-4-17(24)21-18/h2-7,12H,8-11,13H2,1H3. The predicted octanol–water partition coefficient (Wildman–Crippen LogP) is 2.71. The van der Waals surface area contributed by atoms with Crippen LogP contribution in [0.25, 0.3) is 5.65 Å². The molecule has 1 aliphatic rings. The van der Waals surface area contributed by atoms with E-state index in [-0.39, 0.29) is 22.3 Å². The van der Waals surface area contributed by atoms with Crippen molar-refractivity contribution in [2.75, 3.05) is 38.2 Å². The highest BCUT2D eigenvalue weighted by molar-refractivity contribution is 5.63. The quantitative estimate of drug-likeness (QED) is 0.497. The Hall–Kier alpha value is -3.20. The van der Waals surface area contributed by atoms with Gasteiger partial charge in [0.2, 0.25) is 11.5 Å². The van der Waals surface area contributed by atoms with Gasteiger partial charge in [-0.25, -0.2) is 4.39 Å². The van der Waals surface area contributed by atoms with Gasteiger partial charge in [0.1, 0.15) is 0 Å². The molecule has 0 amide bonds. The molecule has 1 saturated heterocycles. The van der Waals surface area contributed by atoms with Gasteiger partial charge in [-0.05, 0) is 28.7 Å². The maximum Gasteiger partial charge on any atom is 0.372 e. The minimum atomic E-state index is -0.387. The molecule has 0 unspecified atom stereocenters. The summed E-state index contributed by atoms with van der Waals surface area (Å²) in [5, 5.41) is 11.6. The number of anilines is 1. The van der Waals surface area contributed by atoms with E-state index < -0.39 is 0 Å². The van der Waals surface area contributed by atoms with E-state index in [0.29, 0.717) is 44.2 Å². The number of aromatic nitrogens is 2. The second-order valence-corrected chi connectivity index (χ2v) is 6.68. The van der Waals surface area contributed by atoms with E-state index >= 15 is 0 Å². The predicted molar refractivity (Wildman–Crippen MR) is 102 cm³/mol. The highest BCUT2D eigenvalue weighted by Crippen LogP contribution is 2.29. The Labute approximate surface area is 160 Å². The molecule has 0 aliphatic carbocycles. The van der Waals surface area contributed by atoms with E-state index in [1.807, 2.05) is 17.0 Å². The van der Waals surface area contributed by atoms with Crippen molar-refractivity contribution in [3.8, 4) is 5.75 Å². The fourth-order valence-corrected chi connectivity index (χ4v) is 3.54. The number of nitrogens with zero attached hydrogens (tertiary/aromatic N) is 5. The maximum atomic E-state index is 13.9. The minimum absolute atomic E-state index is 0.0127. The van der Waals surface area contributed by atoms with Crippen molar-refractivity contribution in [1.29, 1.82) is 0 Å². The van der Waals surface area contributed by atoms with Gasteiger partial charge in [0.05, 0.1) is 13.3 Å². The normalized spacial score (nSPS) is 15.1. The average Bonchev–Trinajstić information content (AvgIpc) is 3.08. The van der Waals surface area contributed by atoms with E-state index in [0.717, 1.165) is 5.56 Å². The van der Waals surface area contributed by atoms with Crippen molar-refractivity contribution in [3.05, 3.63) is 64.1 Å². The molecule has 4 rings (SSSR count). The number of pyridine rings is 1. The Kier molecular flexibility index (Phi) is 4.82. The van der Waals surface area contributed by atoms with Gasteiger partial charge in [-0.15, -0.1) is 0 Å². The van der Waals surface area contributed by atoms with Gasteiger partial charge in [-0.2, -0.15) is 9.38 Å². The van der Waals surface area contributed by atoms with Gasteiger partial charge in [0.15, 0.2) is 11.6 Å². The lowest BCUT2D eigenvalue weighted by Crippen LogP contribution is -2.46. The summed E-state index contributed by atoms with van der Waals surface area (Å²) in [7, 11) is 1.44. The van der Waals surface area contributed by atoms with Crippen molar-refractivity contribution < 1.29 is 14.1 Å². The third-order valence-corrected chi connectivity index (χ3v) is 4.95. The van der Waals surface area contributed by atoms with Crippen LogP contribution in [-0.4, -0.2) is 52.5 Å². The molecule has 0 N–H and O–H groups in total. The SMILES string of the molecule is COc1ccc(CN2CCN(c3nc4ccccn4c3[N+](=O)[O-])CC2)cc1F. The van der Waals surface area contributed by atoms with Crippen LogP contribution in [0.15, 0.2) is 42.6 Å². The monoisotopic (exact) mass is 385 g/mol. The molecule has 146 valence electrons. The molecular weight excluding hydrogens is 365 g/mol. The number of ether oxygens (including phenoxy) is 1. The van der Waals surface area contributed by atoms with Gasteiger partial charge < -0.3 is 19.8 Å². The Morgan fingerprint density at radius 3 is 2.68 bits per heavy atom. The first-order valence-corrected chi connectivity index (χ1v) is 8.98. The van der Waals surface area contributed by atoms with Crippen molar-refractivity contribution >= 4 is 17.3 Å². The van der Waals surface area contributed by atoms with Crippen LogP contribution >= 0.6 is 0 Å². The number of piperazine rings is 1. The summed E-state index contributed by atoms with van der Waals surface area (Å²) in [6, 6.07) is 10.3. The summed E-state index contributed by atoms with van der Waals surface area (Å²) < 4.78 is 20.3. The Bertz CT molecular complexity index is 1010. The molecule has 3 heterocycles. The first kappa shape index (κ1) is 18.2. The summed E-state index contributed by atoms with van der Waals surface area (Å²) in [6.45, 7) is 3.26. The Morgan fingerprint density at radius 1 is 1.21 bits per heavy atom. The molecule has 0 atom stereocenters. The number of methoxy groups -OCH3 is 1. The summed E-state index contributed by atoms with van der Waals surface area (Å²) in [4.78, 5) is 19.8. The second kappa shape index (κ2) is 7.43. The summed E-state index contributed by atoms with van der Waals surface area (Å²) in [6.07, 6.45) is 1.65. The van der Waals surface area contributed by atoms with Crippen LogP contribution in [0.1, 0.15) is 5.56 Å². The molecule has 28 heavy (non-hydrogen) atoms. The molecule has 1 fully saturated rings. The first-order valence-electron chi connectivity index (χ1n) is 8.98. The zero-order chi connectivity index (χ0) is 19.7. The summed E-state index contributed by atoms with van der Waals surface area (Å²) >= 11 is 0. The highest BCUT2D eigenvalue weighted by atomic mass is 19.1. The number of benzene rings is 1. The number of fused-ring (bicyclic) bond motifs is 1. The molecule has 1 aromatic carbocycles. The number of hydrogen-bond acceptors (Lipinski definition) is 6. The van der Waals surface area contributed by atoms with Crippen LogP contribution in [0.2, 0.25) is 0 Å². The van der Waals surface area contributed by atoms with E-state index in [4.69, 9.17) is 4.74 Å². The van der Waals surface area contributed by atoms with E-state index in [1.54, 1.807) is 24.4 Å². The lowest BCUT2D eigenvalue weighted by molar-refractivity contribution is -0.389. The van der Waals surface area contributed by atoms with Crippen LogP contribution in [-0.2, 0) is 6.54 Å². The van der Waals surface area contributed by atoms with Gasteiger partial charge in [0.25, 0.3) is 0 Å². The number of nitro groups is 1. The van der Waals surface area contributed by atoms with Crippen LogP contribution in [0.5, 0.6) is 5.75 Å². The van der Waals surface area contributed by atoms with Crippen LogP contribution in [0.3, 0.4) is 0 Å². The van der Waals surface area contributed by atoms with E-state index in [2.05, 4.69) is 9.88 Å². The second-order valence-electron chi connectivity index (χ2n) is 6.68. The zero-order valence-corrected chi connectivity index (χ0v) is 15.4. The maximum absolute atomic E-state index is 13.9. The summed E-state index contributed by atoms with van der Waals surface area (Å²) in [5.41, 5.74) is 1.42. The molecular formula is C19H20FN5O3. The van der Waals surface area contributed by atoms with Gasteiger partial charge in [0, 0.05) is 38.8 Å². The molecule has 0 spiro atoms. The number of halogens is 1. The Morgan fingerprint density at radius 2 is 2.00 bits per heavy atom. The third kappa shape index (κ3) is 3.36. The minimum Gasteiger partial charge on any atom is -0.494 e. The van der Waals surface area contributed by atoms with Crippen LogP contribution in [0, 0.1) is 15.9 Å². The number of imidazole rings is 1. The molecule has 0 saturated carbocycles. The largest absolute Gasteiger partial charge is 0.494 e. The average molecular weight is 385 g/mol. The fraction of sp³-hybridized carbons (Fsp3) is 0.316. The van der Waals surface area contributed by atoms with Crippen LogP contribution in [0.4, 0.5) is 16.0 Å². The molecule has 1 aliphatic heterocycles. The number of rotatable bonds is 5. The van der Waals surface area contributed by atoms with Crippen molar-refractivity contribution in [3.63, 3.8) is 0 Å². The number of hydrogen-bond donors (Lipinski definition) is 0. The smallest absolute Gasteiger partial charge is 0.372 e. The van der Waals surface area contributed by atoms with E-state index in [9.17, 15) is 14.5 Å². The topological polar surface area (TPSA) is 76.2 Å². The third-order valence-electron chi connectivity index (χ3n) is 4.95. The van der Waals surface area contributed by atoms with Crippen LogP contribution < -0.4 is 9.64 Å². The zero-order valence-electron chi connectivity index (χ0n) is 15.4. The van der Waals surface area contributed by atoms with Gasteiger partial charge in [-0.3, -0.25) is 4.90 Å². The highest BCUT2D eigenvalue weighted by Gasteiger charge is 2.29. The van der Waals surface area contributed by atoms with Crippen molar-refractivity contribution in [1.82, 2.24) is 14.3 Å². The van der Waals surface area contributed by atoms with Crippen molar-refractivity contribution in [2.24, 2.45) is 0 Å². The molecule has 8 nitrogen and oxygen atoms in total. The lowest BCUT2D eigenvalue weighted by atomic mass is 10.2. The molecule has 0 radical (unpaired) electrons.